The van der Waals surface area contributed by atoms with E-state index in [1.165, 1.54) is 18.2 Å². The largest absolute Gasteiger partial charge is 0.460 e. The van der Waals surface area contributed by atoms with Gasteiger partial charge in [0.25, 0.3) is 0 Å². The lowest BCUT2D eigenvalue weighted by Gasteiger charge is -2.34. The van der Waals surface area contributed by atoms with Gasteiger partial charge < -0.3 is 0 Å². The van der Waals surface area contributed by atoms with Crippen LogP contribution >= 0.6 is 0 Å². The second-order valence-corrected chi connectivity index (χ2v) is 5.88. The summed E-state index contributed by atoms with van der Waals surface area (Å²) in [5, 5.41) is 3.91. The van der Waals surface area contributed by atoms with Crippen LogP contribution in [0.2, 0.25) is 0 Å². The van der Waals surface area contributed by atoms with E-state index in [0.717, 1.165) is 6.07 Å². The molecule has 0 fully saturated rings. The zero-order chi connectivity index (χ0) is 21.4. The van der Waals surface area contributed by atoms with Crippen molar-refractivity contribution in [1.82, 2.24) is 0 Å². The lowest BCUT2D eigenvalue weighted by Crippen LogP contribution is -2.61. The van der Waals surface area contributed by atoms with Crippen LogP contribution in [-0.2, 0) is 0 Å². The molecule has 0 amide bonds. The van der Waals surface area contributed by atoms with Crippen LogP contribution < -0.4 is 0 Å². The SMILES string of the molecule is [N-]=[N+]=NC(CC(F)(F)C(F)(F)C(F)(F)C(F)(F)F)c1ccc2ccccc2c1. The lowest BCUT2D eigenvalue weighted by molar-refractivity contribution is -0.397. The zero-order valence-corrected chi connectivity index (χ0v) is 13.6. The van der Waals surface area contributed by atoms with E-state index in [2.05, 4.69) is 10.0 Å². The van der Waals surface area contributed by atoms with Gasteiger partial charge in [-0.3, -0.25) is 0 Å². The van der Waals surface area contributed by atoms with Gasteiger partial charge in [-0.2, -0.15) is 39.5 Å². The molecular weight excluding hydrogens is 405 g/mol. The number of hydrogen-bond acceptors (Lipinski definition) is 1. The Morgan fingerprint density at radius 2 is 1.39 bits per heavy atom. The van der Waals surface area contributed by atoms with Gasteiger partial charge in [-0.1, -0.05) is 47.6 Å². The molecule has 3 nitrogen and oxygen atoms in total. The zero-order valence-electron chi connectivity index (χ0n) is 13.6. The van der Waals surface area contributed by atoms with E-state index in [0.29, 0.717) is 10.8 Å². The highest BCUT2D eigenvalue weighted by atomic mass is 19.4. The summed E-state index contributed by atoms with van der Waals surface area (Å²) in [5.41, 5.74) is 8.25. The molecule has 0 N–H and O–H groups in total. The average Bonchev–Trinajstić information content (AvgIpc) is 2.59. The molecule has 0 saturated carbocycles. The molecule has 1 unspecified atom stereocenters. The van der Waals surface area contributed by atoms with Crippen molar-refractivity contribution in [3.05, 3.63) is 58.5 Å². The average molecular weight is 415 g/mol. The molecular formula is C16H10F9N3. The number of fused-ring (bicyclic) bond motifs is 1. The fourth-order valence-corrected chi connectivity index (χ4v) is 2.48. The number of rotatable bonds is 6. The first-order valence-corrected chi connectivity index (χ1v) is 7.47. The molecule has 0 bridgehead atoms. The van der Waals surface area contributed by atoms with Crippen molar-refractivity contribution in [3.63, 3.8) is 0 Å². The van der Waals surface area contributed by atoms with Crippen molar-refractivity contribution < 1.29 is 39.5 Å². The van der Waals surface area contributed by atoms with Crippen LogP contribution in [0.15, 0.2) is 47.6 Å². The molecule has 152 valence electrons. The topological polar surface area (TPSA) is 48.8 Å². The van der Waals surface area contributed by atoms with Crippen LogP contribution in [0.3, 0.4) is 0 Å². The maximum absolute atomic E-state index is 13.9. The minimum absolute atomic E-state index is 0.248. The predicted molar refractivity (Wildman–Crippen MR) is 81.3 cm³/mol. The number of alkyl halides is 9. The summed E-state index contributed by atoms with van der Waals surface area (Å²) in [6.45, 7) is 0. The summed E-state index contributed by atoms with van der Waals surface area (Å²) >= 11 is 0. The summed E-state index contributed by atoms with van der Waals surface area (Å²) in [5.74, 6) is -19.6. The molecule has 12 heteroatoms. The van der Waals surface area contributed by atoms with E-state index in [9.17, 15) is 39.5 Å². The quantitative estimate of drug-likeness (QED) is 0.210. The van der Waals surface area contributed by atoms with E-state index in [1.807, 2.05) is 0 Å². The molecule has 2 aromatic carbocycles. The number of azide groups is 1. The minimum Gasteiger partial charge on any atom is -0.200 e. The molecule has 0 saturated heterocycles. The molecule has 2 aromatic rings. The van der Waals surface area contributed by atoms with E-state index < -0.39 is 36.4 Å². The molecule has 0 aliphatic carbocycles. The van der Waals surface area contributed by atoms with Crippen LogP contribution in [0, 0.1) is 0 Å². The number of hydrogen-bond donors (Lipinski definition) is 0. The van der Waals surface area contributed by atoms with Gasteiger partial charge in [-0.05, 0) is 21.9 Å². The van der Waals surface area contributed by atoms with Crippen molar-refractivity contribution in [3.8, 4) is 0 Å². The van der Waals surface area contributed by atoms with E-state index in [-0.39, 0.29) is 5.56 Å². The summed E-state index contributed by atoms with van der Waals surface area (Å²) in [4.78, 5) is 2.21. The van der Waals surface area contributed by atoms with Gasteiger partial charge >= 0.3 is 23.9 Å². The Morgan fingerprint density at radius 3 is 1.93 bits per heavy atom. The van der Waals surface area contributed by atoms with Gasteiger partial charge in [0.1, 0.15) is 0 Å². The van der Waals surface area contributed by atoms with E-state index in [4.69, 9.17) is 5.53 Å². The van der Waals surface area contributed by atoms with Crippen molar-refractivity contribution >= 4 is 10.8 Å². The Labute approximate surface area is 151 Å². The van der Waals surface area contributed by atoms with Gasteiger partial charge in [0, 0.05) is 11.3 Å². The van der Waals surface area contributed by atoms with Crippen LogP contribution in [0.25, 0.3) is 21.2 Å². The van der Waals surface area contributed by atoms with Gasteiger partial charge in [-0.15, -0.1) is 0 Å². The third kappa shape index (κ3) is 3.68. The minimum atomic E-state index is -6.99. The van der Waals surface area contributed by atoms with Crippen LogP contribution in [0.1, 0.15) is 18.0 Å². The van der Waals surface area contributed by atoms with Crippen molar-refractivity contribution in [1.29, 1.82) is 0 Å². The third-order valence-electron chi connectivity index (χ3n) is 4.01. The van der Waals surface area contributed by atoms with Gasteiger partial charge in [0.15, 0.2) is 0 Å². The van der Waals surface area contributed by atoms with E-state index >= 15 is 0 Å². The Bertz CT molecular complexity index is 902. The van der Waals surface area contributed by atoms with Crippen molar-refractivity contribution in [2.24, 2.45) is 5.11 Å². The molecule has 0 radical (unpaired) electrons. The molecule has 0 aliphatic rings. The molecule has 0 spiro atoms. The standard InChI is InChI=1S/C16H10F9N3/c17-13(18,14(19,20)15(21,22)16(23,24)25)8-12(27-28-26)11-6-5-9-3-1-2-4-10(9)7-11/h1-7,12H,8H2. The summed E-state index contributed by atoms with van der Waals surface area (Å²) in [6.07, 6.45) is -9.16. The monoisotopic (exact) mass is 415 g/mol. The number of benzene rings is 2. The predicted octanol–water partition coefficient (Wildman–Crippen LogP) is 7.05. The van der Waals surface area contributed by atoms with Crippen LogP contribution in [0.4, 0.5) is 39.5 Å². The highest BCUT2D eigenvalue weighted by molar-refractivity contribution is 5.83. The smallest absolute Gasteiger partial charge is 0.200 e. The fourth-order valence-electron chi connectivity index (χ4n) is 2.48. The second-order valence-electron chi connectivity index (χ2n) is 5.88. The van der Waals surface area contributed by atoms with Gasteiger partial charge in [0.2, 0.25) is 0 Å². The van der Waals surface area contributed by atoms with Gasteiger partial charge in [-0.25, -0.2) is 0 Å². The van der Waals surface area contributed by atoms with E-state index in [1.54, 1.807) is 18.2 Å². The first kappa shape index (κ1) is 21.7. The van der Waals surface area contributed by atoms with Crippen LogP contribution in [0.5, 0.6) is 0 Å². The summed E-state index contributed by atoms with van der Waals surface area (Å²) in [6, 6.07) is 7.89. The number of nitrogens with zero attached hydrogens (tertiary/aromatic N) is 3. The van der Waals surface area contributed by atoms with Gasteiger partial charge in [0.05, 0.1) is 6.04 Å². The normalized spacial score (nSPS) is 14.6. The Balaban J connectivity index is 2.45. The first-order valence-electron chi connectivity index (χ1n) is 7.47. The fraction of sp³-hybridized carbons (Fsp3) is 0.375. The molecule has 0 heterocycles. The molecule has 28 heavy (non-hydrogen) atoms. The molecule has 2 rings (SSSR count). The molecule has 0 aliphatic heterocycles. The lowest BCUT2D eigenvalue weighted by atomic mass is 9.93. The summed E-state index contributed by atoms with van der Waals surface area (Å²) < 4.78 is 117. The van der Waals surface area contributed by atoms with Crippen molar-refractivity contribution in [2.75, 3.05) is 0 Å². The Morgan fingerprint density at radius 1 is 0.821 bits per heavy atom. The highest BCUT2D eigenvalue weighted by Gasteiger charge is 2.81. The highest BCUT2D eigenvalue weighted by Crippen LogP contribution is 2.55. The van der Waals surface area contributed by atoms with Crippen LogP contribution in [-0.4, -0.2) is 23.9 Å². The number of halogens is 9. The molecule has 1 atom stereocenters. The maximum Gasteiger partial charge on any atom is 0.460 e. The second kappa shape index (κ2) is 7.08. The summed E-state index contributed by atoms with van der Waals surface area (Å²) in [7, 11) is 0. The third-order valence-corrected chi connectivity index (χ3v) is 4.01. The Kier molecular flexibility index (Phi) is 5.48. The maximum atomic E-state index is 13.9. The first-order chi connectivity index (χ1) is 12.7. The Hall–Kier alpha value is -2.62. The van der Waals surface area contributed by atoms with Crippen molar-refractivity contribution in [2.45, 2.75) is 36.4 Å². The molecule has 0 aromatic heterocycles.